The first-order chi connectivity index (χ1) is 12.6. The summed E-state index contributed by atoms with van der Waals surface area (Å²) in [5.41, 5.74) is 4.09. The summed E-state index contributed by atoms with van der Waals surface area (Å²) < 4.78 is 4.98. The van der Waals surface area contributed by atoms with Crippen molar-refractivity contribution in [1.82, 2.24) is 29.6 Å². The van der Waals surface area contributed by atoms with E-state index >= 15 is 0 Å². The van der Waals surface area contributed by atoms with Crippen LogP contribution >= 0.6 is 15.9 Å². The van der Waals surface area contributed by atoms with Gasteiger partial charge in [-0.15, -0.1) is 0 Å². The number of nitrogens with one attached hydrogen (secondary N) is 1. The normalized spacial score (nSPS) is 15.0. The number of hydrogen-bond donors (Lipinski definition) is 1. The first-order valence-corrected chi connectivity index (χ1v) is 9.44. The molecule has 1 N–H and O–H groups in total. The van der Waals surface area contributed by atoms with Crippen molar-refractivity contribution in [3.05, 3.63) is 46.2 Å². The number of aromatic nitrogens is 5. The molecule has 1 aliphatic carbocycles. The third-order valence-corrected chi connectivity index (χ3v) is 5.41. The quantitative estimate of drug-likeness (QED) is 0.560. The standard InChI is InChI=1S/C18H17BrN6O/c1-10-15-8-25-17(22-16(23-25)7-20-18(26)11-2-3-11)13-6-12(19)4-5-14(13)24(15)9-21-10/h4-6,9,11H,2-3,7-8H2,1H3,(H,20,26). The van der Waals surface area contributed by atoms with Crippen LogP contribution in [0.5, 0.6) is 0 Å². The Bertz CT molecular complexity index is 1030. The minimum absolute atomic E-state index is 0.104. The van der Waals surface area contributed by atoms with Crippen LogP contribution in [0.1, 0.15) is 30.1 Å². The van der Waals surface area contributed by atoms with Crippen molar-refractivity contribution in [3.8, 4) is 17.1 Å². The summed E-state index contributed by atoms with van der Waals surface area (Å²) in [6.07, 6.45) is 3.83. The predicted octanol–water partition coefficient (Wildman–Crippen LogP) is 2.59. The molecule has 0 unspecified atom stereocenters. The number of halogens is 1. The number of carbonyl (C=O) groups is 1. The van der Waals surface area contributed by atoms with Crippen LogP contribution in [-0.2, 0) is 17.9 Å². The van der Waals surface area contributed by atoms with E-state index in [1.165, 1.54) is 0 Å². The van der Waals surface area contributed by atoms with Gasteiger partial charge in [-0.1, -0.05) is 15.9 Å². The molecule has 0 radical (unpaired) electrons. The highest BCUT2D eigenvalue weighted by atomic mass is 79.9. The van der Waals surface area contributed by atoms with Crippen LogP contribution in [0.4, 0.5) is 0 Å². The summed E-state index contributed by atoms with van der Waals surface area (Å²) in [6.45, 7) is 2.96. The zero-order valence-electron chi connectivity index (χ0n) is 14.2. The topological polar surface area (TPSA) is 77.6 Å². The Labute approximate surface area is 158 Å². The van der Waals surface area contributed by atoms with Crippen LogP contribution in [0.3, 0.4) is 0 Å². The summed E-state index contributed by atoms with van der Waals surface area (Å²) in [5.74, 6) is 1.72. The van der Waals surface area contributed by atoms with E-state index in [0.717, 1.165) is 45.8 Å². The number of carbonyl (C=O) groups excluding carboxylic acids is 1. The summed E-state index contributed by atoms with van der Waals surface area (Å²) in [7, 11) is 0. The first kappa shape index (κ1) is 15.7. The molecule has 0 spiro atoms. The van der Waals surface area contributed by atoms with E-state index in [9.17, 15) is 4.79 Å². The fourth-order valence-electron chi connectivity index (χ4n) is 3.33. The number of aryl methyl sites for hydroxylation is 1. The monoisotopic (exact) mass is 412 g/mol. The molecule has 2 aromatic heterocycles. The van der Waals surface area contributed by atoms with E-state index in [-0.39, 0.29) is 11.8 Å². The Morgan fingerprint density at radius 1 is 1.38 bits per heavy atom. The molecule has 7 nitrogen and oxygen atoms in total. The fourth-order valence-corrected chi connectivity index (χ4v) is 3.69. The molecule has 5 rings (SSSR count). The van der Waals surface area contributed by atoms with E-state index in [1.807, 2.05) is 30.1 Å². The number of amides is 1. The van der Waals surface area contributed by atoms with E-state index < -0.39 is 0 Å². The zero-order chi connectivity index (χ0) is 17.8. The van der Waals surface area contributed by atoms with Gasteiger partial charge in [0, 0.05) is 16.0 Å². The lowest BCUT2D eigenvalue weighted by molar-refractivity contribution is -0.122. The largest absolute Gasteiger partial charge is 0.348 e. The van der Waals surface area contributed by atoms with Crippen molar-refractivity contribution in [1.29, 1.82) is 0 Å². The Kier molecular flexibility index (Phi) is 3.49. The minimum Gasteiger partial charge on any atom is -0.348 e. The van der Waals surface area contributed by atoms with E-state index in [1.54, 1.807) is 0 Å². The van der Waals surface area contributed by atoms with Crippen molar-refractivity contribution < 1.29 is 4.79 Å². The first-order valence-electron chi connectivity index (χ1n) is 8.64. The molecule has 1 fully saturated rings. The second kappa shape index (κ2) is 5.77. The van der Waals surface area contributed by atoms with Crippen LogP contribution in [0.25, 0.3) is 17.1 Å². The highest BCUT2D eigenvalue weighted by Gasteiger charge is 2.30. The van der Waals surface area contributed by atoms with Crippen LogP contribution in [-0.4, -0.2) is 30.2 Å². The average molecular weight is 413 g/mol. The Balaban J connectivity index is 1.57. The molecular formula is C18H17BrN6O. The molecule has 1 amide bonds. The molecule has 0 bridgehead atoms. The van der Waals surface area contributed by atoms with Crippen molar-refractivity contribution in [3.63, 3.8) is 0 Å². The summed E-state index contributed by atoms with van der Waals surface area (Å²) in [5, 5.41) is 7.59. The molecule has 0 saturated heterocycles. The Hall–Kier alpha value is -2.48. The molecule has 3 aromatic rings. The molecular weight excluding hydrogens is 396 g/mol. The van der Waals surface area contributed by atoms with Gasteiger partial charge < -0.3 is 9.88 Å². The maximum Gasteiger partial charge on any atom is 0.223 e. The Morgan fingerprint density at radius 3 is 3.04 bits per heavy atom. The molecule has 26 heavy (non-hydrogen) atoms. The number of rotatable bonds is 3. The van der Waals surface area contributed by atoms with Gasteiger partial charge in [-0.2, -0.15) is 5.10 Å². The van der Waals surface area contributed by atoms with Crippen molar-refractivity contribution in [2.75, 3.05) is 0 Å². The smallest absolute Gasteiger partial charge is 0.223 e. The van der Waals surface area contributed by atoms with Gasteiger partial charge in [-0.25, -0.2) is 14.6 Å². The molecule has 3 heterocycles. The zero-order valence-corrected chi connectivity index (χ0v) is 15.8. The third kappa shape index (κ3) is 2.56. The van der Waals surface area contributed by atoms with Gasteiger partial charge in [0.15, 0.2) is 11.6 Å². The van der Waals surface area contributed by atoms with Gasteiger partial charge in [0.05, 0.1) is 36.5 Å². The van der Waals surface area contributed by atoms with Gasteiger partial charge in [-0.05, 0) is 38.0 Å². The lowest BCUT2D eigenvalue weighted by atomic mass is 10.1. The third-order valence-electron chi connectivity index (χ3n) is 4.92. The lowest BCUT2D eigenvalue weighted by Crippen LogP contribution is -2.24. The van der Waals surface area contributed by atoms with Crippen molar-refractivity contribution in [2.24, 2.45) is 5.92 Å². The summed E-state index contributed by atoms with van der Waals surface area (Å²) in [6, 6.07) is 6.12. The molecule has 1 aromatic carbocycles. The second-order valence-electron chi connectivity index (χ2n) is 6.81. The molecule has 1 saturated carbocycles. The van der Waals surface area contributed by atoms with Crippen LogP contribution in [0.15, 0.2) is 29.0 Å². The number of fused-ring (bicyclic) bond motifs is 5. The molecule has 8 heteroatoms. The average Bonchev–Trinajstić information content (AvgIpc) is 3.34. The van der Waals surface area contributed by atoms with Gasteiger partial charge in [0.25, 0.3) is 0 Å². The van der Waals surface area contributed by atoms with E-state index in [4.69, 9.17) is 4.98 Å². The van der Waals surface area contributed by atoms with Crippen LogP contribution in [0.2, 0.25) is 0 Å². The second-order valence-corrected chi connectivity index (χ2v) is 7.73. The molecule has 2 aliphatic rings. The van der Waals surface area contributed by atoms with Crippen molar-refractivity contribution >= 4 is 21.8 Å². The maximum absolute atomic E-state index is 11.9. The molecule has 1 aliphatic heterocycles. The number of imidazole rings is 1. The number of hydrogen-bond acceptors (Lipinski definition) is 4. The number of nitrogens with zero attached hydrogens (tertiary/aromatic N) is 5. The minimum atomic E-state index is 0.104. The van der Waals surface area contributed by atoms with Gasteiger partial charge in [-0.3, -0.25) is 4.79 Å². The van der Waals surface area contributed by atoms with Crippen molar-refractivity contribution in [2.45, 2.75) is 32.9 Å². The summed E-state index contributed by atoms with van der Waals surface area (Å²) in [4.78, 5) is 21.1. The highest BCUT2D eigenvalue weighted by Crippen LogP contribution is 2.33. The molecule has 0 atom stereocenters. The van der Waals surface area contributed by atoms with E-state index in [2.05, 4.69) is 42.0 Å². The summed E-state index contributed by atoms with van der Waals surface area (Å²) >= 11 is 3.55. The highest BCUT2D eigenvalue weighted by molar-refractivity contribution is 9.10. The number of benzene rings is 1. The predicted molar refractivity (Wildman–Crippen MR) is 98.7 cm³/mol. The Morgan fingerprint density at radius 2 is 2.23 bits per heavy atom. The SMILES string of the molecule is Cc1ncn2c1Cn1nc(CNC(=O)C3CC3)nc1-c1cc(Br)ccc1-2. The van der Waals surface area contributed by atoms with Gasteiger partial charge >= 0.3 is 0 Å². The van der Waals surface area contributed by atoms with Crippen LogP contribution in [0, 0.1) is 12.8 Å². The van der Waals surface area contributed by atoms with Gasteiger partial charge in [0.1, 0.15) is 0 Å². The van der Waals surface area contributed by atoms with Crippen LogP contribution < -0.4 is 5.32 Å². The lowest BCUT2D eigenvalue weighted by Gasteiger charge is -2.08. The maximum atomic E-state index is 11.9. The fraction of sp³-hybridized carbons (Fsp3) is 0.333. The van der Waals surface area contributed by atoms with Gasteiger partial charge in [0.2, 0.25) is 5.91 Å². The van der Waals surface area contributed by atoms with E-state index in [0.29, 0.717) is 18.9 Å². The molecule has 132 valence electrons.